The number of oxazole rings is 1. The minimum atomic E-state index is 0.407. The Morgan fingerprint density at radius 1 is 1.06 bits per heavy atom. The third-order valence-corrected chi connectivity index (χ3v) is 2.31. The Bertz CT molecular complexity index is 630. The molecule has 0 unspecified atom stereocenters. The molecule has 0 amide bonds. The fourth-order valence-electron chi connectivity index (χ4n) is 1.51. The molecule has 2 aromatic heterocycles. The molecule has 16 heavy (non-hydrogen) atoms. The first-order valence-corrected chi connectivity index (χ1v) is 4.76. The minimum Gasteiger partial charge on any atom is -0.443 e. The predicted molar refractivity (Wildman–Crippen MR) is 59.4 cm³/mol. The Balaban J connectivity index is 2.14. The van der Waals surface area contributed by atoms with Crippen molar-refractivity contribution in [2.24, 2.45) is 0 Å². The Hall–Kier alpha value is -2.43. The van der Waals surface area contributed by atoms with Crippen molar-refractivity contribution < 1.29 is 4.42 Å². The van der Waals surface area contributed by atoms with Crippen molar-refractivity contribution in [3.63, 3.8) is 0 Å². The van der Waals surface area contributed by atoms with E-state index in [0.717, 1.165) is 22.4 Å². The molecule has 0 aliphatic heterocycles. The zero-order valence-electron chi connectivity index (χ0n) is 8.29. The van der Waals surface area contributed by atoms with Gasteiger partial charge in [-0.25, -0.2) is 4.98 Å². The van der Waals surface area contributed by atoms with Gasteiger partial charge in [-0.15, -0.1) is 10.2 Å². The van der Waals surface area contributed by atoms with Crippen molar-refractivity contribution >= 4 is 16.9 Å². The number of fused-ring (bicyclic) bond motifs is 1. The Labute approximate surface area is 90.9 Å². The van der Waals surface area contributed by atoms with Crippen molar-refractivity contribution in [3.8, 4) is 11.3 Å². The van der Waals surface area contributed by atoms with Gasteiger partial charge >= 0.3 is 0 Å². The van der Waals surface area contributed by atoms with Crippen LogP contribution in [-0.4, -0.2) is 15.2 Å². The largest absolute Gasteiger partial charge is 0.443 e. The van der Waals surface area contributed by atoms with E-state index in [1.165, 1.54) is 6.39 Å². The number of benzene rings is 1. The maximum atomic E-state index is 5.48. The second-order valence-electron chi connectivity index (χ2n) is 3.38. The Kier molecular flexibility index (Phi) is 1.83. The van der Waals surface area contributed by atoms with E-state index in [9.17, 15) is 0 Å². The van der Waals surface area contributed by atoms with E-state index in [-0.39, 0.29) is 0 Å². The summed E-state index contributed by atoms with van der Waals surface area (Å²) in [6, 6.07) is 9.21. The van der Waals surface area contributed by atoms with Gasteiger partial charge < -0.3 is 10.2 Å². The lowest BCUT2D eigenvalue weighted by atomic mass is 10.1. The molecule has 1 aromatic carbocycles. The van der Waals surface area contributed by atoms with Gasteiger partial charge in [0.2, 0.25) is 0 Å². The first-order valence-electron chi connectivity index (χ1n) is 4.76. The molecule has 0 radical (unpaired) electrons. The molecular weight excluding hydrogens is 204 g/mol. The molecule has 0 aliphatic carbocycles. The number of hydrogen-bond donors (Lipinski definition) is 1. The zero-order valence-corrected chi connectivity index (χ0v) is 8.29. The van der Waals surface area contributed by atoms with Crippen LogP contribution >= 0.6 is 0 Å². The molecule has 3 aromatic rings. The summed E-state index contributed by atoms with van der Waals surface area (Å²) < 4.78 is 5.22. The molecule has 0 atom stereocenters. The number of nitrogens with zero attached hydrogens (tertiary/aromatic N) is 3. The number of rotatable bonds is 1. The van der Waals surface area contributed by atoms with Crippen LogP contribution in [0.15, 0.2) is 41.1 Å². The van der Waals surface area contributed by atoms with Crippen LogP contribution in [0.25, 0.3) is 22.4 Å². The Morgan fingerprint density at radius 2 is 2.00 bits per heavy atom. The predicted octanol–water partition coefficient (Wildman–Crippen LogP) is 1.87. The van der Waals surface area contributed by atoms with Crippen molar-refractivity contribution in [3.05, 3.63) is 36.7 Å². The van der Waals surface area contributed by atoms with E-state index >= 15 is 0 Å². The number of hydrogen-bond acceptors (Lipinski definition) is 5. The SMILES string of the molecule is Nc1ccc(-c2ccc3ncoc3c2)nn1. The van der Waals surface area contributed by atoms with Crippen molar-refractivity contribution in [2.45, 2.75) is 0 Å². The summed E-state index contributed by atoms with van der Waals surface area (Å²) in [5, 5.41) is 7.81. The van der Waals surface area contributed by atoms with Gasteiger partial charge in [0, 0.05) is 5.56 Å². The molecule has 2 N–H and O–H groups in total. The quantitative estimate of drug-likeness (QED) is 0.666. The zero-order chi connectivity index (χ0) is 11.0. The third kappa shape index (κ3) is 1.38. The van der Waals surface area contributed by atoms with E-state index in [4.69, 9.17) is 10.2 Å². The lowest BCUT2D eigenvalue weighted by molar-refractivity contribution is 0.602. The van der Waals surface area contributed by atoms with Crippen LogP contribution in [0, 0.1) is 0 Å². The summed E-state index contributed by atoms with van der Waals surface area (Å²) in [4.78, 5) is 4.04. The standard InChI is InChI=1S/C11H8N4O/c12-11-4-3-8(14-15-11)7-1-2-9-10(5-7)16-6-13-9/h1-6H,(H2,12,15). The fraction of sp³-hybridized carbons (Fsp3) is 0. The third-order valence-electron chi connectivity index (χ3n) is 2.31. The first kappa shape index (κ1) is 8.84. The second kappa shape index (κ2) is 3.30. The maximum absolute atomic E-state index is 5.48. The van der Waals surface area contributed by atoms with E-state index < -0.39 is 0 Å². The van der Waals surface area contributed by atoms with E-state index in [2.05, 4.69) is 15.2 Å². The molecular formula is C11H8N4O. The molecule has 5 heteroatoms. The Morgan fingerprint density at radius 3 is 2.81 bits per heavy atom. The van der Waals surface area contributed by atoms with Crippen LogP contribution < -0.4 is 5.73 Å². The van der Waals surface area contributed by atoms with Gasteiger partial charge in [-0.2, -0.15) is 0 Å². The van der Waals surface area contributed by atoms with E-state index in [1.807, 2.05) is 24.3 Å². The highest BCUT2D eigenvalue weighted by Crippen LogP contribution is 2.21. The number of nitrogens with two attached hydrogens (primary N) is 1. The lowest BCUT2D eigenvalue weighted by Crippen LogP contribution is -1.93. The van der Waals surface area contributed by atoms with Gasteiger partial charge in [-0.1, -0.05) is 6.07 Å². The van der Waals surface area contributed by atoms with Gasteiger partial charge in [0.1, 0.15) is 11.3 Å². The molecule has 78 valence electrons. The van der Waals surface area contributed by atoms with Crippen molar-refractivity contribution in [2.75, 3.05) is 5.73 Å². The molecule has 5 nitrogen and oxygen atoms in total. The van der Waals surface area contributed by atoms with Crippen molar-refractivity contribution in [1.82, 2.24) is 15.2 Å². The summed E-state index contributed by atoms with van der Waals surface area (Å²) in [6.07, 6.45) is 1.42. The summed E-state index contributed by atoms with van der Waals surface area (Å²) in [7, 11) is 0. The van der Waals surface area contributed by atoms with Gasteiger partial charge in [0.05, 0.1) is 5.69 Å². The lowest BCUT2D eigenvalue weighted by Gasteiger charge is -1.99. The number of aromatic nitrogens is 3. The van der Waals surface area contributed by atoms with Crippen LogP contribution in [0.2, 0.25) is 0 Å². The van der Waals surface area contributed by atoms with E-state index in [1.54, 1.807) is 6.07 Å². The minimum absolute atomic E-state index is 0.407. The highest BCUT2D eigenvalue weighted by atomic mass is 16.3. The molecule has 0 bridgehead atoms. The molecule has 0 saturated heterocycles. The summed E-state index contributed by atoms with van der Waals surface area (Å²) >= 11 is 0. The average Bonchev–Trinajstić information content (AvgIpc) is 2.77. The molecule has 2 heterocycles. The summed E-state index contributed by atoms with van der Waals surface area (Å²) in [5.74, 6) is 0.407. The van der Waals surface area contributed by atoms with Crippen LogP contribution in [-0.2, 0) is 0 Å². The molecule has 0 fully saturated rings. The second-order valence-corrected chi connectivity index (χ2v) is 3.38. The highest BCUT2D eigenvalue weighted by Gasteiger charge is 2.03. The molecule has 3 rings (SSSR count). The smallest absolute Gasteiger partial charge is 0.181 e. The topological polar surface area (TPSA) is 77.8 Å². The summed E-state index contributed by atoms with van der Waals surface area (Å²) in [6.45, 7) is 0. The van der Waals surface area contributed by atoms with E-state index in [0.29, 0.717) is 5.82 Å². The average molecular weight is 212 g/mol. The van der Waals surface area contributed by atoms with Crippen LogP contribution in [0.3, 0.4) is 0 Å². The van der Waals surface area contributed by atoms with Crippen LogP contribution in [0.1, 0.15) is 0 Å². The number of nitrogen functional groups attached to an aromatic ring is 1. The summed E-state index contributed by atoms with van der Waals surface area (Å²) in [5.41, 5.74) is 8.72. The fourth-order valence-corrected chi connectivity index (χ4v) is 1.51. The molecule has 0 saturated carbocycles. The molecule has 0 spiro atoms. The van der Waals surface area contributed by atoms with Gasteiger partial charge in [-0.05, 0) is 24.3 Å². The number of anilines is 1. The van der Waals surface area contributed by atoms with Crippen LogP contribution in [0.5, 0.6) is 0 Å². The maximum Gasteiger partial charge on any atom is 0.181 e. The normalized spacial score (nSPS) is 10.8. The first-order chi connectivity index (χ1) is 7.83. The van der Waals surface area contributed by atoms with Gasteiger partial charge in [0.15, 0.2) is 12.0 Å². The van der Waals surface area contributed by atoms with Gasteiger partial charge in [-0.3, -0.25) is 0 Å². The monoisotopic (exact) mass is 212 g/mol. The molecule has 0 aliphatic rings. The van der Waals surface area contributed by atoms with Gasteiger partial charge in [0.25, 0.3) is 0 Å². The van der Waals surface area contributed by atoms with Crippen molar-refractivity contribution in [1.29, 1.82) is 0 Å². The highest BCUT2D eigenvalue weighted by molar-refractivity contribution is 5.78. The van der Waals surface area contributed by atoms with Crippen LogP contribution in [0.4, 0.5) is 5.82 Å².